The molecule has 1 aliphatic carbocycles. The summed E-state index contributed by atoms with van der Waals surface area (Å²) in [6.45, 7) is 4.87. The van der Waals surface area contributed by atoms with Crippen molar-refractivity contribution >= 4 is 38.8 Å². The molecule has 1 unspecified atom stereocenters. The first-order valence-corrected chi connectivity index (χ1v) is 14.4. The van der Waals surface area contributed by atoms with E-state index < -0.39 is 6.04 Å². The fourth-order valence-corrected chi connectivity index (χ4v) is 6.70. The number of carbonyl (C=O) groups is 2. The molecule has 7 rings (SSSR count). The Morgan fingerprint density at radius 1 is 1.18 bits per heavy atom. The van der Waals surface area contributed by atoms with Crippen LogP contribution in [0.2, 0.25) is 0 Å². The third-order valence-corrected chi connectivity index (χ3v) is 9.20. The molecule has 0 bridgehead atoms. The van der Waals surface area contributed by atoms with Crippen LogP contribution in [-0.4, -0.2) is 71.1 Å². The van der Waals surface area contributed by atoms with E-state index in [4.69, 9.17) is 5.10 Å². The Labute approximate surface area is 238 Å². The first-order chi connectivity index (χ1) is 19.4. The van der Waals surface area contributed by atoms with Gasteiger partial charge in [-0.3, -0.25) is 9.59 Å². The highest BCUT2D eigenvalue weighted by Gasteiger charge is 2.41. The third-order valence-electron chi connectivity index (χ3n) is 8.60. The first-order valence-electron chi connectivity index (χ1n) is 13.6. The number of aromatic amines is 1. The van der Waals surface area contributed by atoms with Gasteiger partial charge in [-0.05, 0) is 58.5 Å². The van der Waals surface area contributed by atoms with Gasteiger partial charge in [0.05, 0.1) is 34.8 Å². The number of H-pyrrole nitrogens is 1. The number of aromatic hydroxyl groups is 1. The molecular formula is C29H28BrN7O3. The highest BCUT2D eigenvalue weighted by molar-refractivity contribution is 9.10. The van der Waals surface area contributed by atoms with Gasteiger partial charge in [0.1, 0.15) is 21.6 Å². The molecule has 3 aliphatic rings. The number of hydrogen-bond acceptors (Lipinski definition) is 6. The lowest BCUT2D eigenvalue weighted by atomic mass is 9.80. The Balaban J connectivity index is 1.31. The second-order valence-corrected chi connectivity index (χ2v) is 11.4. The van der Waals surface area contributed by atoms with Crippen LogP contribution in [0.4, 0.5) is 0 Å². The van der Waals surface area contributed by atoms with Gasteiger partial charge >= 0.3 is 0 Å². The lowest BCUT2D eigenvalue weighted by Gasteiger charge is -2.37. The number of phenols is 1. The van der Waals surface area contributed by atoms with E-state index in [2.05, 4.69) is 43.5 Å². The Kier molecular flexibility index (Phi) is 5.99. The van der Waals surface area contributed by atoms with Gasteiger partial charge < -0.3 is 19.9 Å². The number of aromatic nitrogens is 5. The van der Waals surface area contributed by atoms with Crippen LogP contribution >= 0.6 is 15.9 Å². The predicted molar refractivity (Wildman–Crippen MR) is 151 cm³/mol. The summed E-state index contributed by atoms with van der Waals surface area (Å²) in [7, 11) is 0. The topological polar surface area (TPSA) is 120 Å². The molecule has 1 atom stereocenters. The van der Waals surface area contributed by atoms with E-state index in [0.29, 0.717) is 65.3 Å². The highest BCUT2D eigenvalue weighted by Crippen LogP contribution is 2.41. The molecule has 11 heteroatoms. The minimum Gasteiger partial charge on any atom is -0.506 e. The molecule has 3 aromatic heterocycles. The number of nitrogens with one attached hydrogen (secondary N) is 1. The predicted octanol–water partition coefficient (Wildman–Crippen LogP) is 4.19. The second kappa shape index (κ2) is 9.58. The molecule has 0 saturated heterocycles. The molecule has 4 aromatic rings. The zero-order valence-electron chi connectivity index (χ0n) is 21.8. The van der Waals surface area contributed by atoms with Crippen LogP contribution in [-0.2, 0) is 17.6 Å². The zero-order valence-corrected chi connectivity index (χ0v) is 23.4. The monoisotopic (exact) mass is 601 g/mol. The summed E-state index contributed by atoms with van der Waals surface area (Å²) >= 11 is 3.42. The lowest BCUT2D eigenvalue weighted by Crippen LogP contribution is -2.46. The number of carbonyl (C=O) groups excluding carboxylic acids is 2. The van der Waals surface area contributed by atoms with Gasteiger partial charge in [0.15, 0.2) is 0 Å². The molecule has 1 aromatic carbocycles. The summed E-state index contributed by atoms with van der Waals surface area (Å²) < 4.78 is 2.43. The molecule has 1 saturated carbocycles. The fourth-order valence-electron chi connectivity index (χ4n) is 6.29. The minimum atomic E-state index is -0.416. The fraction of sp³-hybridized carbons (Fsp3) is 0.345. The van der Waals surface area contributed by atoms with E-state index in [1.807, 2.05) is 21.7 Å². The second-order valence-electron chi connectivity index (χ2n) is 10.7. The van der Waals surface area contributed by atoms with Crippen LogP contribution in [0.15, 0.2) is 48.0 Å². The maximum atomic E-state index is 14.1. The van der Waals surface area contributed by atoms with Crippen molar-refractivity contribution in [1.82, 2.24) is 34.5 Å². The molecular weight excluding hydrogens is 574 g/mol. The Bertz CT molecular complexity index is 1690. The van der Waals surface area contributed by atoms with E-state index >= 15 is 0 Å². The van der Waals surface area contributed by atoms with Crippen LogP contribution in [0.25, 0.3) is 16.7 Å². The van der Waals surface area contributed by atoms with E-state index in [1.165, 1.54) is 12.5 Å². The number of rotatable bonds is 4. The number of benzene rings is 1. The third kappa shape index (κ3) is 3.86. The number of imidazole rings is 1. The minimum absolute atomic E-state index is 0.179. The van der Waals surface area contributed by atoms with E-state index in [9.17, 15) is 14.7 Å². The normalized spacial score (nSPS) is 18.8. The van der Waals surface area contributed by atoms with E-state index in [-0.39, 0.29) is 17.6 Å². The van der Waals surface area contributed by atoms with Crippen molar-refractivity contribution in [2.45, 2.75) is 44.1 Å². The molecule has 2 aliphatic heterocycles. The largest absolute Gasteiger partial charge is 0.506 e. The molecule has 10 nitrogen and oxygen atoms in total. The number of fused-ring (bicyclic) bond motifs is 1. The summed E-state index contributed by atoms with van der Waals surface area (Å²) in [6, 6.07) is 5.50. The smallest absolute Gasteiger partial charge is 0.258 e. The van der Waals surface area contributed by atoms with E-state index in [0.717, 1.165) is 35.4 Å². The molecule has 1 fully saturated rings. The van der Waals surface area contributed by atoms with Gasteiger partial charge in [0.25, 0.3) is 5.91 Å². The Morgan fingerprint density at radius 2 is 2.02 bits per heavy atom. The lowest BCUT2D eigenvalue weighted by molar-refractivity contribution is -0.126. The summed E-state index contributed by atoms with van der Waals surface area (Å²) in [5.74, 6) is 0.339. The van der Waals surface area contributed by atoms with Crippen molar-refractivity contribution in [2.75, 3.05) is 19.6 Å². The highest BCUT2D eigenvalue weighted by atomic mass is 79.9. The number of nitrogens with zero attached hydrogens (tertiary/aromatic N) is 6. The SMILES string of the molecule is C=CC(=O)N1CCc2nn(-c3ccc(C4CCC4)cc3O)c3c2C(C1)N(C(=O)c1cnc(Br)c2[nH]cnc12)CC3. The van der Waals surface area contributed by atoms with Crippen molar-refractivity contribution in [3.05, 3.63) is 76.1 Å². The summed E-state index contributed by atoms with van der Waals surface area (Å²) in [5.41, 5.74) is 6.13. The maximum Gasteiger partial charge on any atom is 0.258 e. The number of amides is 2. The quantitative estimate of drug-likeness (QED) is 0.267. The average molecular weight is 602 g/mol. The van der Waals surface area contributed by atoms with Crippen molar-refractivity contribution < 1.29 is 14.7 Å². The first kappa shape index (κ1) is 25.0. The molecule has 40 heavy (non-hydrogen) atoms. The van der Waals surface area contributed by atoms with Crippen LogP contribution in [0.5, 0.6) is 5.75 Å². The van der Waals surface area contributed by atoms with Gasteiger partial charge in [-0.15, -0.1) is 0 Å². The van der Waals surface area contributed by atoms with Crippen LogP contribution < -0.4 is 0 Å². The summed E-state index contributed by atoms with van der Waals surface area (Å²) in [4.78, 5) is 42.2. The summed E-state index contributed by atoms with van der Waals surface area (Å²) in [6.07, 6.45) is 9.04. The van der Waals surface area contributed by atoms with Crippen LogP contribution in [0.1, 0.15) is 64.1 Å². The number of pyridine rings is 1. The molecule has 0 radical (unpaired) electrons. The van der Waals surface area contributed by atoms with Crippen molar-refractivity contribution in [3.63, 3.8) is 0 Å². The molecule has 5 heterocycles. The van der Waals surface area contributed by atoms with Gasteiger partial charge in [0, 0.05) is 44.2 Å². The zero-order chi connectivity index (χ0) is 27.5. The number of halogens is 1. The van der Waals surface area contributed by atoms with Gasteiger partial charge in [-0.1, -0.05) is 19.1 Å². The van der Waals surface area contributed by atoms with Gasteiger partial charge in [-0.2, -0.15) is 5.10 Å². The number of phenolic OH excluding ortho intramolecular Hbond substituents is 1. The Morgan fingerprint density at radius 3 is 2.77 bits per heavy atom. The number of hydrogen-bond donors (Lipinski definition) is 2. The van der Waals surface area contributed by atoms with E-state index in [1.54, 1.807) is 17.4 Å². The van der Waals surface area contributed by atoms with Gasteiger partial charge in [-0.25, -0.2) is 14.6 Å². The van der Waals surface area contributed by atoms with Crippen molar-refractivity contribution in [1.29, 1.82) is 0 Å². The van der Waals surface area contributed by atoms with Crippen LogP contribution in [0.3, 0.4) is 0 Å². The van der Waals surface area contributed by atoms with Crippen LogP contribution in [0, 0.1) is 0 Å². The molecule has 0 spiro atoms. The Hall–Kier alpha value is -3.99. The standard InChI is InChI=1S/C29H28BrN7O3/c1-2-24(39)35-10-8-19-25-21(37(34-19)20-7-6-17(12-23(20)38)16-4-3-5-16)9-11-36(22(25)14-35)29(40)18-13-31-28(30)27-26(18)32-15-33-27/h2,6-7,12-13,15-16,22,38H,1,3-5,8-11,14H2,(H,32,33). The molecule has 2 amide bonds. The molecule has 2 N–H and O–H groups in total. The maximum absolute atomic E-state index is 14.1. The van der Waals surface area contributed by atoms with Crippen molar-refractivity contribution in [3.8, 4) is 11.4 Å². The summed E-state index contributed by atoms with van der Waals surface area (Å²) in [5, 5.41) is 16.0. The average Bonchev–Trinajstić information content (AvgIpc) is 3.51. The van der Waals surface area contributed by atoms with Gasteiger partial charge in [0.2, 0.25) is 5.91 Å². The van der Waals surface area contributed by atoms with Crippen molar-refractivity contribution in [2.24, 2.45) is 0 Å². The molecule has 204 valence electrons.